The first kappa shape index (κ1) is 24.3. The zero-order valence-corrected chi connectivity index (χ0v) is 19.3. The molecule has 7 nitrogen and oxygen atoms in total. The number of hydrogen-bond donors (Lipinski definition) is 3. The fourth-order valence-electron chi connectivity index (χ4n) is 4.20. The zero-order valence-electron chi connectivity index (χ0n) is 19.3. The van der Waals surface area contributed by atoms with E-state index in [9.17, 15) is 14.4 Å². The molecule has 176 valence electrons. The lowest BCUT2D eigenvalue weighted by atomic mass is 9.98. The average molecular weight is 453 g/mol. The number of aliphatic carboxylic acids is 1. The van der Waals surface area contributed by atoms with Gasteiger partial charge in [0.05, 0.1) is 6.42 Å². The van der Waals surface area contributed by atoms with Crippen LogP contribution in [0.5, 0.6) is 0 Å². The largest absolute Gasteiger partial charge is 0.481 e. The van der Waals surface area contributed by atoms with Crippen molar-refractivity contribution >= 4 is 18.0 Å². The first-order chi connectivity index (χ1) is 15.8. The number of carbonyl (C=O) groups is 3. The van der Waals surface area contributed by atoms with Crippen molar-refractivity contribution in [2.75, 3.05) is 13.2 Å². The lowest BCUT2D eigenvalue weighted by molar-refractivity contribution is -0.138. The normalized spacial score (nSPS) is 14.2. The van der Waals surface area contributed by atoms with Crippen LogP contribution in [0, 0.1) is 11.8 Å². The Morgan fingerprint density at radius 1 is 0.939 bits per heavy atom. The molecule has 0 bridgehead atoms. The van der Waals surface area contributed by atoms with Crippen LogP contribution in [-0.2, 0) is 14.3 Å². The Balaban J connectivity index is 1.46. The minimum Gasteiger partial charge on any atom is -0.481 e. The third-order valence-electron chi connectivity index (χ3n) is 6.02. The Kier molecular flexibility index (Phi) is 8.09. The van der Waals surface area contributed by atoms with E-state index in [1.54, 1.807) is 0 Å². The number of nitrogens with one attached hydrogen (secondary N) is 2. The van der Waals surface area contributed by atoms with Crippen LogP contribution in [0.25, 0.3) is 11.1 Å². The fraction of sp³-hybridized carbons (Fsp3) is 0.423. The third-order valence-corrected chi connectivity index (χ3v) is 6.02. The molecule has 33 heavy (non-hydrogen) atoms. The molecule has 2 aromatic carbocycles. The zero-order chi connectivity index (χ0) is 24.0. The highest BCUT2D eigenvalue weighted by atomic mass is 16.5. The first-order valence-corrected chi connectivity index (χ1v) is 11.4. The third kappa shape index (κ3) is 6.34. The number of carboxylic acid groups (broad SMARTS) is 1. The highest BCUT2D eigenvalue weighted by Gasteiger charge is 2.29. The average Bonchev–Trinajstić information content (AvgIpc) is 3.09. The number of fused-ring (bicyclic) bond motifs is 3. The molecular formula is C26H32N2O5. The van der Waals surface area contributed by atoms with Gasteiger partial charge in [-0.2, -0.15) is 0 Å². The van der Waals surface area contributed by atoms with E-state index in [1.807, 2.05) is 45.0 Å². The number of benzene rings is 2. The van der Waals surface area contributed by atoms with Gasteiger partial charge in [-0.3, -0.25) is 9.59 Å². The van der Waals surface area contributed by atoms with Crippen molar-refractivity contribution in [3.63, 3.8) is 0 Å². The molecule has 2 unspecified atom stereocenters. The molecule has 0 radical (unpaired) electrons. The van der Waals surface area contributed by atoms with E-state index >= 15 is 0 Å². The van der Waals surface area contributed by atoms with Crippen LogP contribution < -0.4 is 10.6 Å². The molecule has 0 aliphatic heterocycles. The van der Waals surface area contributed by atoms with Crippen molar-refractivity contribution in [1.82, 2.24) is 10.6 Å². The Hall–Kier alpha value is -3.35. The first-order valence-electron chi connectivity index (χ1n) is 11.4. The number of rotatable bonds is 10. The number of amides is 2. The number of hydrogen-bond acceptors (Lipinski definition) is 4. The molecule has 0 aromatic heterocycles. The molecule has 2 aromatic rings. The van der Waals surface area contributed by atoms with Crippen LogP contribution in [0.15, 0.2) is 48.5 Å². The van der Waals surface area contributed by atoms with Crippen molar-refractivity contribution in [2.24, 2.45) is 11.8 Å². The molecule has 3 rings (SSSR count). The van der Waals surface area contributed by atoms with Crippen LogP contribution in [0.2, 0.25) is 0 Å². The highest BCUT2D eigenvalue weighted by molar-refractivity contribution is 5.79. The molecule has 0 fully saturated rings. The molecule has 2 atom stereocenters. The standard InChI is InChI=1S/C26H32N2O5/c1-16(2)23(13-25(30)31)28-24(29)12-17(3)14-27-26(32)33-15-22-20-10-6-4-8-18(20)19-9-5-7-11-21(19)22/h4-11,16-17,22-23H,12-15H2,1-3H3,(H,27,32)(H,28,29)(H,30,31). The van der Waals surface area contributed by atoms with E-state index in [1.165, 1.54) is 11.1 Å². The molecule has 2 amide bonds. The molecule has 1 aliphatic rings. The smallest absolute Gasteiger partial charge is 0.407 e. The second-order valence-corrected chi connectivity index (χ2v) is 9.03. The predicted octanol–water partition coefficient (Wildman–Crippen LogP) is 4.17. The summed E-state index contributed by atoms with van der Waals surface area (Å²) in [7, 11) is 0. The lowest BCUT2D eigenvalue weighted by Crippen LogP contribution is -2.41. The maximum Gasteiger partial charge on any atom is 0.407 e. The maximum absolute atomic E-state index is 12.3. The Labute approximate surface area is 194 Å². The summed E-state index contributed by atoms with van der Waals surface area (Å²) < 4.78 is 5.52. The fourth-order valence-corrected chi connectivity index (χ4v) is 4.20. The van der Waals surface area contributed by atoms with Crippen LogP contribution in [-0.4, -0.2) is 42.3 Å². The molecule has 1 aliphatic carbocycles. The van der Waals surface area contributed by atoms with Crippen molar-refractivity contribution in [3.8, 4) is 11.1 Å². The summed E-state index contributed by atoms with van der Waals surface area (Å²) in [5.74, 6) is -1.29. The summed E-state index contributed by atoms with van der Waals surface area (Å²) in [6, 6.07) is 15.9. The van der Waals surface area contributed by atoms with Gasteiger partial charge in [0.15, 0.2) is 0 Å². The van der Waals surface area contributed by atoms with Gasteiger partial charge in [0.1, 0.15) is 6.61 Å². The molecular weight excluding hydrogens is 420 g/mol. The van der Waals surface area contributed by atoms with E-state index in [0.29, 0.717) is 0 Å². The predicted molar refractivity (Wildman–Crippen MR) is 126 cm³/mol. The van der Waals surface area contributed by atoms with Crippen LogP contribution in [0.3, 0.4) is 0 Å². The van der Waals surface area contributed by atoms with Crippen LogP contribution >= 0.6 is 0 Å². The summed E-state index contributed by atoms with van der Waals surface area (Å²) >= 11 is 0. The molecule has 3 N–H and O–H groups in total. The van der Waals surface area contributed by atoms with Gasteiger partial charge in [-0.15, -0.1) is 0 Å². The van der Waals surface area contributed by atoms with Crippen LogP contribution in [0.1, 0.15) is 50.7 Å². The maximum atomic E-state index is 12.3. The Morgan fingerprint density at radius 3 is 2.06 bits per heavy atom. The van der Waals surface area contributed by atoms with Gasteiger partial charge in [0.2, 0.25) is 5.91 Å². The van der Waals surface area contributed by atoms with Gasteiger partial charge in [-0.25, -0.2) is 4.79 Å². The second-order valence-electron chi connectivity index (χ2n) is 9.03. The minimum atomic E-state index is -0.945. The van der Waals surface area contributed by atoms with E-state index in [-0.39, 0.29) is 49.7 Å². The van der Waals surface area contributed by atoms with E-state index in [2.05, 4.69) is 34.9 Å². The number of carboxylic acids is 1. The molecule has 0 spiro atoms. The summed E-state index contributed by atoms with van der Waals surface area (Å²) in [6.07, 6.45) is -0.447. The summed E-state index contributed by atoms with van der Waals surface area (Å²) in [4.78, 5) is 35.6. The van der Waals surface area contributed by atoms with E-state index in [4.69, 9.17) is 9.84 Å². The van der Waals surface area contributed by atoms with Crippen molar-refractivity contribution in [2.45, 2.75) is 45.6 Å². The molecule has 0 saturated carbocycles. The van der Waals surface area contributed by atoms with Gasteiger partial charge >= 0.3 is 12.1 Å². The highest BCUT2D eigenvalue weighted by Crippen LogP contribution is 2.44. The van der Waals surface area contributed by atoms with Gasteiger partial charge in [0, 0.05) is 24.9 Å². The summed E-state index contributed by atoms with van der Waals surface area (Å²) in [5.41, 5.74) is 4.64. The molecule has 7 heteroatoms. The minimum absolute atomic E-state index is 0.00597. The topological polar surface area (TPSA) is 105 Å². The monoisotopic (exact) mass is 452 g/mol. The van der Waals surface area contributed by atoms with Crippen molar-refractivity contribution in [3.05, 3.63) is 59.7 Å². The number of carbonyl (C=O) groups excluding carboxylic acids is 2. The van der Waals surface area contributed by atoms with E-state index < -0.39 is 18.1 Å². The van der Waals surface area contributed by atoms with Gasteiger partial charge in [0.25, 0.3) is 0 Å². The SMILES string of the molecule is CC(CNC(=O)OCC1c2ccccc2-c2ccccc21)CC(=O)NC(CC(=O)O)C(C)C. The molecule has 0 saturated heterocycles. The van der Waals surface area contributed by atoms with Gasteiger partial charge < -0.3 is 20.5 Å². The summed E-state index contributed by atoms with van der Waals surface area (Å²) in [6.45, 7) is 6.12. The molecule has 0 heterocycles. The van der Waals surface area contributed by atoms with Crippen molar-refractivity contribution < 1.29 is 24.2 Å². The Bertz CT molecular complexity index is 958. The van der Waals surface area contributed by atoms with Crippen molar-refractivity contribution in [1.29, 1.82) is 0 Å². The van der Waals surface area contributed by atoms with Crippen LogP contribution in [0.4, 0.5) is 4.79 Å². The number of alkyl carbamates (subject to hydrolysis) is 1. The Morgan fingerprint density at radius 2 is 1.52 bits per heavy atom. The van der Waals surface area contributed by atoms with E-state index in [0.717, 1.165) is 11.1 Å². The number of ether oxygens (including phenoxy) is 1. The lowest BCUT2D eigenvalue weighted by Gasteiger charge is -2.22. The van der Waals surface area contributed by atoms with Gasteiger partial charge in [-0.05, 0) is 34.1 Å². The van der Waals surface area contributed by atoms with Gasteiger partial charge in [-0.1, -0.05) is 69.3 Å². The quantitative estimate of drug-likeness (QED) is 0.502. The summed E-state index contributed by atoms with van der Waals surface area (Å²) in [5, 5.41) is 14.5. The second kappa shape index (κ2) is 11.0.